The Balaban J connectivity index is 1.94. The Morgan fingerprint density at radius 2 is 1.91 bits per heavy atom. The van der Waals surface area contributed by atoms with Crippen molar-refractivity contribution >= 4 is 5.91 Å². The first-order chi connectivity index (χ1) is 10.2. The summed E-state index contributed by atoms with van der Waals surface area (Å²) in [5.41, 5.74) is 1.63. The molecular formula is C18H28N2O2. The number of aromatic nitrogens is 1. The van der Waals surface area contributed by atoms with E-state index in [0.717, 1.165) is 30.1 Å². The van der Waals surface area contributed by atoms with E-state index in [9.17, 15) is 4.79 Å². The Kier molecular flexibility index (Phi) is 4.78. The van der Waals surface area contributed by atoms with Gasteiger partial charge in [0.05, 0.1) is 6.61 Å². The molecule has 1 fully saturated rings. The van der Waals surface area contributed by atoms with E-state index >= 15 is 0 Å². The fourth-order valence-corrected chi connectivity index (χ4v) is 3.07. The summed E-state index contributed by atoms with van der Waals surface area (Å²) in [5, 5.41) is 0. The van der Waals surface area contributed by atoms with Crippen LogP contribution in [-0.2, 0) is 4.79 Å². The van der Waals surface area contributed by atoms with Crippen molar-refractivity contribution in [3.63, 3.8) is 0 Å². The highest BCUT2D eigenvalue weighted by Crippen LogP contribution is 2.29. The standard InChI is InChI=1S/C18H28N2O2/c1-12-7-16(8-13(2)19-12)22-11-15-9-14(3)20(10-15)17(21)18(4,5)6/h7-8,14-15H,9-11H2,1-6H3/t14-,15-/m0/s1. The van der Waals surface area contributed by atoms with Crippen LogP contribution in [0.5, 0.6) is 5.75 Å². The molecule has 0 N–H and O–H groups in total. The second-order valence-corrected chi connectivity index (χ2v) is 7.55. The zero-order valence-electron chi connectivity index (χ0n) is 14.6. The first-order valence-corrected chi connectivity index (χ1v) is 8.06. The largest absolute Gasteiger partial charge is 0.493 e. The molecule has 1 aromatic rings. The Morgan fingerprint density at radius 3 is 2.45 bits per heavy atom. The molecule has 0 unspecified atom stereocenters. The average molecular weight is 304 g/mol. The number of hydrogen-bond acceptors (Lipinski definition) is 3. The summed E-state index contributed by atoms with van der Waals surface area (Å²) in [6.45, 7) is 13.5. The molecular weight excluding hydrogens is 276 g/mol. The number of ether oxygens (including phenoxy) is 1. The first-order valence-electron chi connectivity index (χ1n) is 8.06. The predicted molar refractivity (Wildman–Crippen MR) is 87.9 cm³/mol. The molecule has 1 aromatic heterocycles. The molecule has 122 valence electrons. The van der Waals surface area contributed by atoms with Gasteiger partial charge in [-0.05, 0) is 27.2 Å². The van der Waals surface area contributed by atoms with Gasteiger partial charge in [-0.2, -0.15) is 0 Å². The van der Waals surface area contributed by atoms with Crippen LogP contribution in [0.15, 0.2) is 12.1 Å². The molecule has 1 amide bonds. The van der Waals surface area contributed by atoms with Crippen molar-refractivity contribution in [1.82, 2.24) is 9.88 Å². The lowest BCUT2D eigenvalue weighted by molar-refractivity contribution is -0.140. The molecule has 0 radical (unpaired) electrons. The smallest absolute Gasteiger partial charge is 0.228 e. The molecule has 4 heteroatoms. The van der Waals surface area contributed by atoms with Gasteiger partial charge in [0.25, 0.3) is 0 Å². The summed E-state index contributed by atoms with van der Waals surface area (Å²) in [6.07, 6.45) is 1.00. The van der Waals surface area contributed by atoms with Gasteiger partial charge in [-0.15, -0.1) is 0 Å². The number of carbonyl (C=O) groups excluding carboxylic acids is 1. The van der Waals surface area contributed by atoms with E-state index in [-0.39, 0.29) is 11.3 Å². The molecule has 1 saturated heterocycles. The van der Waals surface area contributed by atoms with Gasteiger partial charge in [0.2, 0.25) is 5.91 Å². The second kappa shape index (κ2) is 6.27. The first kappa shape index (κ1) is 16.8. The van der Waals surface area contributed by atoms with Crippen molar-refractivity contribution in [1.29, 1.82) is 0 Å². The Bertz CT molecular complexity index is 528. The van der Waals surface area contributed by atoms with Crippen LogP contribution in [0.4, 0.5) is 0 Å². The molecule has 0 aliphatic carbocycles. The quantitative estimate of drug-likeness (QED) is 0.860. The van der Waals surface area contributed by atoms with Crippen LogP contribution >= 0.6 is 0 Å². The number of likely N-dealkylation sites (tertiary alicyclic amines) is 1. The number of amides is 1. The average Bonchev–Trinajstić information content (AvgIpc) is 2.74. The van der Waals surface area contributed by atoms with Crippen LogP contribution in [-0.4, -0.2) is 35.0 Å². The molecule has 22 heavy (non-hydrogen) atoms. The SMILES string of the molecule is Cc1cc(OC[C@H]2C[C@H](C)N(C(=O)C(C)(C)C)C2)cc(C)n1. The summed E-state index contributed by atoms with van der Waals surface area (Å²) >= 11 is 0. The molecule has 1 aliphatic rings. The lowest BCUT2D eigenvalue weighted by Gasteiger charge is -2.29. The van der Waals surface area contributed by atoms with Gasteiger partial charge < -0.3 is 9.64 Å². The van der Waals surface area contributed by atoms with Crippen molar-refractivity contribution < 1.29 is 9.53 Å². The van der Waals surface area contributed by atoms with E-state index in [1.807, 2.05) is 51.7 Å². The van der Waals surface area contributed by atoms with Crippen LogP contribution in [0.3, 0.4) is 0 Å². The maximum absolute atomic E-state index is 12.5. The topological polar surface area (TPSA) is 42.4 Å². The van der Waals surface area contributed by atoms with Crippen molar-refractivity contribution in [3.8, 4) is 5.75 Å². The van der Waals surface area contributed by atoms with Gasteiger partial charge in [0, 0.05) is 47.4 Å². The highest BCUT2D eigenvalue weighted by molar-refractivity contribution is 5.82. The Hall–Kier alpha value is -1.58. The number of pyridine rings is 1. The van der Waals surface area contributed by atoms with Gasteiger partial charge >= 0.3 is 0 Å². The summed E-state index contributed by atoms with van der Waals surface area (Å²) in [5.74, 6) is 1.51. The van der Waals surface area contributed by atoms with E-state index in [0.29, 0.717) is 18.6 Å². The van der Waals surface area contributed by atoms with Gasteiger partial charge in [-0.1, -0.05) is 20.8 Å². The molecule has 4 nitrogen and oxygen atoms in total. The Morgan fingerprint density at radius 1 is 1.32 bits per heavy atom. The van der Waals surface area contributed by atoms with Crippen molar-refractivity contribution in [3.05, 3.63) is 23.5 Å². The fourth-order valence-electron chi connectivity index (χ4n) is 3.07. The highest BCUT2D eigenvalue weighted by atomic mass is 16.5. The number of rotatable bonds is 3. The van der Waals surface area contributed by atoms with Crippen molar-refractivity contribution in [2.75, 3.05) is 13.2 Å². The highest BCUT2D eigenvalue weighted by Gasteiger charge is 2.37. The van der Waals surface area contributed by atoms with E-state index in [2.05, 4.69) is 11.9 Å². The van der Waals surface area contributed by atoms with Crippen molar-refractivity contribution in [2.45, 2.75) is 54.0 Å². The van der Waals surface area contributed by atoms with Crippen LogP contribution in [0.25, 0.3) is 0 Å². The normalized spacial score (nSPS) is 22.0. The van der Waals surface area contributed by atoms with E-state index in [1.54, 1.807) is 0 Å². The third-order valence-electron chi connectivity index (χ3n) is 4.10. The molecule has 0 aromatic carbocycles. The third-order valence-corrected chi connectivity index (χ3v) is 4.10. The maximum Gasteiger partial charge on any atom is 0.228 e. The van der Waals surface area contributed by atoms with E-state index in [1.165, 1.54) is 0 Å². The number of hydrogen-bond donors (Lipinski definition) is 0. The molecule has 0 bridgehead atoms. The summed E-state index contributed by atoms with van der Waals surface area (Å²) in [4.78, 5) is 18.8. The zero-order valence-corrected chi connectivity index (χ0v) is 14.6. The molecule has 0 spiro atoms. The van der Waals surface area contributed by atoms with E-state index < -0.39 is 0 Å². The lowest BCUT2D eigenvalue weighted by atomic mass is 9.94. The van der Waals surface area contributed by atoms with Gasteiger partial charge in [-0.3, -0.25) is 9.78 Å². The Labute approximate surface area is 133 Å². The predicted octanol–water partition coefficient (Wildman–Crippen LogP) is 3.36. The number of carbonyl (C=O) groups is 1. The van der Waals surface area contributed by atoms with Crippen LogP contribution in [0.1, 0.15) is 45.5 Å². The van der Waals surface area contributed by atoms with Crippen LogP contribution in [0.2, 0.25) is 0 Å². The fraction of sp³-hybridized carbons (Fsp3) is 0.667. The summed E-state index contributed by atoms with van der Waals surface area (Å²) in [6, 6.07) is 4.22. The zero-order chi connectivity index (χ0) is 16.5. The number of nitrogens with zero attached hydrogens (tertiary/aromatic N) is 2. The van der Waals surface area contributed by atoms with Crippen LogP contribution < -0.4 is 4.74 Å². The number of aryl methyl sites for hydroxylation is 2. The van der Waals surface area contributed by atoms with Gasteiger partial charge in [-0.25, -0.2) is 0 Å². The summed E-state index contributed by atoms with van der Waals surface area (Å²) in [7, 11) is 0. The molecule has 0 saturated carbocycles. The van der Waals surface area contributed by atoms with Crippen LogP contribution in [0, 0.1) is 25.2 Å². The minimum atomic E-state index is -0.316. The minimum absolute atomic E-state index is 0.234. The maximum atomic E-state index is 12.5. The summed E-state index contributed by atoms with van der Waals surface area (Å²) < 4.78 is 5.94. The second-order valence-electron chi connectivity index (χ2n) is 7.55. The third kappa shape index (κ3) is 3.99. The minimum Gasteiger partial charge on any atom is -0.493 e. The van der Waals surface area contributed by atoms with Gasteiger partial charge in [0.1, 0.15) is 5.75 Å². The molecule has 1 aliphatic heterocycles. The molecule has 2 atom stereocenters. The lowest BCUT2D eigenvalue weighted by Crippen LogP contribution is -2.41. The van der Waals surface area contributed by atoms with Crippen molar-refractivity contribution in [2.24, 2.45) is 11.3 Å². The molecule has 2 rings (SSSR count). The molecule has 2 heterocycles. The van der Waals surface area contributed by atoms with E-state index in [4.69, 9.17) is 4.74 Å². The van der Waals surface area contributed by atoms with Gasteiger partial charge in [0.15, 0.2) is 0 Å². The monoisotopic (exact) mass is 304 g/mol.